The predicted molar refractivity (Wildman–Crippen MR) is 78.2 cm³/mol. The number of methoxy groups -OCH3 is 2. The molecular weight excluding hydrogens is 270 g/mol. The molecular formula is C16H17NO4. The summed E-state index contributed by atoms with van der Waals surface area (Å²) in [5.74, 6) is 0.978. The molecule has 21 heavy (non-hydrogen) atoms. The van der Waals surface area contributed by atoms with Gasteiger partial charge in [0.15, 0.2) is 0 Å². The zero-order valence-corrected chi connectivity index (χ0v) is 12.0. The van der Waals surface area contributed by atoms with Crippen molar-refractivity contribution in [3.63, 3.8) is 0 Å². The molecule has 0 bridgehead atoms. The third kappa shape index (κ3) is 3.97. The van der Waals surface area contributed by atoms with E-state index in [-0.39, 0.29) is 0 Å². The molecule has 0 radical (unpaired) electrons. The summed E-state index contributed by atoms with van der Waals surface area (Å²) in [6.07, 6.45) is 0. The zero-order valence-electron chi connectivity index (χ0n) is 12.0. The van der Waals surface area contributed by atoms with Crippen LogP contribution >= 0.6 is 0 Å². The lowest BCUT2D eigenvalue weighted by Crippen LogP contribution is -2.19. The van der Waals surface area contributed by atoms with Crippen LogP contribution in [0.2, 0.25) is 0 Å². The molecule has 0 heterocycles. The summed E-state index contributed by atoms with van der Waals surface area (Å²) < 4.78 is 10.3. The molecule has 0 aliphatic carbocycles. The Morgan fingerprint density at radius 1 is 1.00 bits per heavy atom. The van der Waals surface area contributed by atoms with E-state index in [0.29, 0.717) is 17.9 Å². The SMILES string of the molecule is COc1ccc(C(=O)ONCc2ccccc2OC)cc1. The molecule has 0 aliphatic rings. The van der Waals surface area contributed by atoms with Crippen LogP contribution in [0.1, 0.15) is 15.9 Å². The first-order valence-electron chi connectivity index (χ1n) is 6.44. The molecule has 0 saturated carbocycles. The van der Waals surface area contributed by atoms with E-state index >= 15 is 0 Å². The van der Waals surface area contributed by atoms with Crippen LogP contribution < -0.4 is 15.0 Å². The highest BCUT2D eigenvalue weighted by molar-refractivity contribution is 5.89. The van der Waals surface area contributed by atoms with Gasteiger partial charge in [-0.15, -0.1) is 5.48 Å². The minimum absolute atomic E-state index is 0.367. The fraction of sp³-hybridized carbons (Fsp3) is 0.188. The molecule has 0 spiro atoms. The van der Waals surface area contributed by atoms with Gasteiger partial charge in [-0.05, 0) is 30.3 Å². The third-order valence-electron chi connectivity index (χ3n) is 2.95. The summed E-state index contributed by atoms with van der Waals surface area (Å²) in [6, 6.07) is 14.2. The molecule has 2 rings (SSSR count). The second kappa shape index (κ2) is 7.31. The summed E-state index contributed by atoms with van der Waals surface area (Å²) in [7, 11) is 3.17. The monoisotopic (exact) mass is 287 g/mol. The van der Waals surface area contributed by atoms with E-state index in [2.05, 4.69) is 5.48 Å². The largest absolute Gasteiger partial charge is 0.497 e. The third-order valence-corrected chi connectivity index (χ3v) is 2.95. The predicted octanol–water partition coefficient (Wildman–Crippen LogP) is 2.57. The summed E-state index contributed by atoms with van der Waals surface area (Å²) in [5, 5.41) is 0. The first-order chi connectivity index (χ1) is 10.2. The van der Waals surface area contributed by atoms with E-state index in [4.69, 9.17) is 14.3 Å². The van der Waals surface area contributed by atoms with Crippen LogP contribution in [0.25, 0.3) is 0 Å². The summed E-state index contributed by atoms with van der Waals surface area (Å²) in [5.41, 5.74) is 4.00. The fourth-order valence-electron chi connectivity index (χ4n) is 1.81. The molecule has 2 aromatic rings. The number of hydrogen-bond donors (Lipinski definition) is 1. The fourth-order valence-corrected chi connectivity index (χ4v) is 1.81. The summed E-state index contributed by atoms with van der Waals surface area (Å²) in [4.78, 5) is 16.9. The Hall–Kier alpha value is -2.53. The minimum Gasteiger partial charge on any atom is -0.497 e. The summed E-state index contributed by atoms with van der Waals surface area (Å²) >= 11 is 0. The van der Waals surface area contributed by atoms with Crippen LogP contribution in [0.5, 0.6) is 11.5 Å². The van der Waals surface area contributed by atoms with Crippen LogP contribution in [-0.2, 0) is 11.4 Å². The standard InChI is InChI=1S/C16H17NO4/c1-19-14-9-7-12(8-10-14)16(18)21-17-11-13-5-3-4-6-15(13)20-2/h3-10,17H,11H2,1-2H3. The van der Waals surface area contributed by atoms with Crippen molar-refractivity contribution in [2.24, 2.45) is 0 Å². The van der Waals surface area contributed by atoms with Crippen molar-refractivity contribution in [1.82, 2.24) is 5.48 Å². The quantitative estimate of drug-likeness (QED) is 0.827. The maximum atomic E-state index is 11.8. The zero-order chi connectivity index (χ0) is 15.1. The highest BCUT2D eigenvalue weighted by Gasteiger charge is 2.08. The number of hydrogen-bond acceptors (Lipinski definition) is 5. The van der Waals surface area contributed by atoms with E-state index in [9.17, 15) is 4.79 Å². The molecule has 0 saturated heterocycles. The number of hydroxylamine groups is 1. The Balaban J connectivity index is 1.89. The number of carbonyl (C=O) groups is 1. The average Bonchev–Trinajstić information content (AvgIpc) is 2.55. The lowest BCUT2D eigenvalue weighted by Gasteiger charge is -2.09. The molecule has 0 amide bonds. The Kier molecular flexibility index (Phi) is 5.17. The second-order valence-corrected chi connectivity index (χ2v) is 4.25. The Morgan fingerprint density at radius 3 is 2.38 bits per heavy atom. The number of para-hydroxylation sites is 1. The van der Waals surface area contributed by atoms with Gasteiger partial charge in [-0.25, -0.2) is 4.79 Å². The topological polar surface area (TPSA) is 56.8 Å². The van der Waals surface area contributed by atoms with Crippen molar-refractivity contribution in [3.8, 4) is 11.5 Å². The minimum atomic E-state index is -0.451. The second-order valence-electron chi connectivity index (χ2n) is 4.25. The van der Waals surface area contributed by atoms with E-state index in [1.807, 2.05) is 24.3 Å². The molecule has 5 nitrogen and oxygen atoms in total. The van der Waals surface area contributed by atoms with Crippen LogP contribution in [0.15, 0.2) is 48.5 Å². The maximum absolute atomic E-state index is 11.8. The Morgan fingerprint density at radius 2 is 1.71 bits per heavy atom. The normalized spacial score (nSPS) is 10.0. The van der Waals surface area contributed by atoms with Crippen LogP contribution in [0.3, 0.4) is 0 Å². The van der Waals surface area contributed by atoms with E-state index < -0.39 is 5.97 Å². The highest BCUT2D eigenvalue weighted by Crippen LogP contribution is 2.17. The first-order valence-corrected chi connectivity index (χ1v) is 6.44. The van der Waals surface area contributed by atoms with Gasteiger partial charge >= 0.3 is 5.97 Å². The molecule has 5 heteroatoms. The average molecular weight is 287 g/mol. The van der Waals surface area contributed by atoms with Gasteiger partial charge < -0.3 is 14.3 Å². The van der Waals surface area contributed by atoms with E-state index in [0.717, 1.165) is 11.3 Å². The number of nitrogens with one attached hydrogen (secondary N) is 1. The molecule has 0 atom stereocenters. The van der Waals surface area contributed by atoms with Gasteiger partial charge in [-0.3, -0.25) is 0 Å². The van der Waals surface area contributed by atoms with Crippen molar-refractivity contribution in [2.45, 2.75) is 6.54 Å². The number of carbonyl (C=O) groups excluding carboxylic acids is 1. The number of rotatable bonds is 6. The maximum Gasteiger partial charge on any atom is 0.356 e. The molecule has 110 valence electrons. The van der Waals surface area contributed by atoms with Gasteiger partial charge in [0.1, 0.15) is 11.5 Å². The lowest BCUT2D eigenvalue weighted by atomic mass is 10.2. The van der Waals surface area contributed by atoms with Gasteiger partial charge in [0.05, 0.1) is 26.3 Å². The van der Waals surface area contributed by atoms with Crippen molar-refractivity contribution < 1.29 is 19.1 Å². The van der Waals surface area contributed by atoms with Gasteiger partial charge in [0, 0.05) is 5.56 Å². The summed E-state index contributed by atoms with van der Waals surface area (Å²) in [6.45, 7) is 0.367. The van der Waals surface area contributed by atoms with Crippen molar-refractivity contribution >= 4 is 5.97 Å². The Bertz CT molecular complexity index is 595. The lowest BCUT2D eigenvalue weighted by molar-refractivity contribution is 0.0236. The molecule has 1 N–H and O–H groups in total. The van der Waals surface area contributed by atoms with Gasteiger partial charge in [-0.2, -0.15) is 0 Å². The van der Waals surface area contributed by atoms with Crippen LogP contribution in [0, 0.1) is 0 Å². The van der Waals surface area contributed by atoms with Gasteiger partial charge in [0.2, 0.25) is 0 Å². The van der Waals surface area contributed by atoms with Crippen molar-refractivity contribution in [2.75, 3.05) is 14.2 Å². The van der Waals surface area contributed by atoms with Crippen molar-refractivity contribution in [1.29, 1.82) is 0 Å². The molecule has 2 aromatic carbocycles. The van der Waals surface area contributed by atoms with Crippen LogP contribution in [-0.4, -0.2) is 20.2 Å². The molecule has 0 aromatic heterocycles. The molecule has 0 unspecified atom stereocenters. The number of benzene rings is 2. The van der Waals surface area contributed by atoms with Gasteiger partial charge in [-0.1, -0.05) is 18.2 Å². The molecule has 0 fully saturated rings. The smallest absolute Gasteiger partial charge is 0.356 e. The number of ether oxygens (including phenoxy) is 2. The highest BCUT2D eigenvalue weighted by atomic mass is 16.7. The van der Waals surface area contributed by atoms with E-state index in [1.54, 1.807) is 38.5 Å². The van der Waals surface area contributed by atoms with Crippen LogP contribution in [0.4, 0.5) is 0 Å². The Labute approximate surface area is 123 Å². The van der Waals surface area contributed by atoms with Crippen molar-refractivity contribution in [3.05, 3.63) is 59.7 Å². The van der Waals surface area contributed by atoms with Gasteiger partial charge in [0.25, 0.3) is 0 Å². The molecule has 0 aliphatic heterocycles. The first kappa shape index (κ1) is 14.9. The van der Waals surface area contributed by atoms with E-state index in [1.165, 1.54) is 0 Å².